The molecule has 2 amide bonds. The fourth-order valence-electron chi connectivity index (χ4n) is 2.68. The average Bonchev–Trinajstić information content (AvgIpc) is 2.70. The van der Waals surface area contributed by atoms with Gasteiger partial charge in [-0.2, -0.15) is 0 Å². The third kappa shape index (κ3) is 5.84. The Labute approximate surface area is 164 Å². The van der Waals surface area contributed by atoms with Gasteiger partial charge in [0, 0.05) is 13.5 Å². The average molecular weight is 384 g/mol. The minimum absolute atomic E-state index is 0.116. The molecular formula is C21H24N2O5. The molecule has 0 aliphatic heterocycles. The number of benzene rings is 2. The zero-order valence-electron chi connectivity index (χ0n) is 16.2. The van der Waals surface area contributed by atoms with Gasteiger partial charge in [-0.25, -0.2) is 4.79 Å². The number of carbonyl (C=O) groups excluding carboxylic acids is 3. The highest BCUT2D eigenvalue weighted by Crippen LogP contribution is 2.16. The Kier molecular flexibility index (Phi) is 7.56. The first kappa shape index (κ1) is 21.0. The number of para-hydroxylation sites is 1. The Balaban J connectivity index is 2.01. The van der Waals surface area contributed by atoms with E-state index in [2.05, 4.69) is 5.32 Å². The molecule has 0 spiro atoms. The second-order valence-electron chi connectivity index (χ2n) is 6.13. The number of carbonyl (C=O) groups is 3. The maximum Gasteiger partial charge on any atom is 0.339 e. The number of hydrogen-bond donors (Lipinski definition) is 1. The first-order valence-electron chi connectivity index (χ1n) is 8.80. The molecule has 2 rings (SSSR count). The minimum atomic E-state index is -0.544. The first-order valence-corrected chi connectivity index (χ1v) is 8.80. The molecule has 7 nitrogen and oxygen atoms in total. The Morgan fingerprint density at radius 2 is 1.79 bits per heavy atom. The van der Waals surface area contributed by atoms with E-state index in [1.54, 1.807) is 31.4 Å². The van der Waals surface area contributed by atoms with Gasteiger partial charge in [0.05, 0.1) is 32.0 Å². The molecule has 28 heavy (non-hydrogen) atoms. The third-order valence-corrected chi connectivity index (χ3v) is 4.19. The standard InChI is InChI=1S/C21H24N2O5/c1-15(24)23(12-11-16-7-6-8-17(13-16)27-2)14-20(25)22-19-10-5-4-9-18(19)21(26)28-3/h4-10,13H,11-12,14H2,1-3H3,(H,22,25). The van der Waals surface area contributed by atoms with Crippen LogP contribution in [0.5, 0.6) is 5.75 Å². The zero-order chi connectivity index (χ0) is 20.5. The van der Waals surface area contributed by atoms with Gasteiger partial charge in [-0.05, 0) is 36.2 Å². The van der Waals surface area contributed by atoms with Crippen molar-refractivity contribution in [2.24, 2.45) is 0 Å². The Bertz CT molecular complexity index is 850. The largest absolute Gasteiger partial charge is 0.497 e. The predicted molar refractivity (Wildman–Crippen MR) is 105 cm³/mol. The van der Waals surface area contributed by atoms with E-state index >= 15 is 0 Å². The van der Waals surface area contributed by atoms with E-state index in [1.165, 1.54) is 18.9 Å². The zero-order valence-corrected chi connectivity index (χ0v) is 16.2. The van der Waals surface area contributed by atoms with Gasteiger partial charge in [-0.1, -0.05) is 24.3 Å². The highest BCUT2D eigenvalue weighted by Gasteiger charge is 2.17. The highest BCUT2D eigenvalue weighted by atomic mass is 16.5. The summed E-state index contributed by atoms with van der Waals surface area (Å²) in [6.45, 7) is 1.69. The molecule has 0 unspecified atom stereocenters. The number of hydrogen-bond acceptors (Lipinski definition) is 5. The summed E-state index contributed by atoms with van der Waals surface area (Å²) < 4.78 is 9.92. The number of anilines is 1. The van der Waals surface area contributed by atoms with Gasteiger partial charge in [0.1, 0.15) is 5.75 Å². The van der Waals surface area contributed by atoms with Crippen LogP contribution in [0.3, 0.4) is 0 Å². The van der Waals surface area contributed by atoms with Crippen LogP contribution in [-0.4, -0.2) is 50.0 Å². The van der Waals surface area contributed by atoms with Crippen LogP contribution in [0.25, 0.3) is 0 Å². The quantitative estimate of drug-likeness (QED) is 0.707. The van der Waals surface area contributed by atoms with Gasteiger partial charge >= 0.3 is 5.97 Å². The van der Waals surface area contributed by atoms with Crippen molar-refractivity contribution in [3.8, 4) is 5.75 Å². The molecule has 2 aromatic rings. The van der Waals surface area contributed by atoms with Gasteiger partial charge in [-0.15, -0.1) is 0 Å². The fraction of sp³-hybridized carbons (Fsp3) is 0.286. The maximum absolute atomic E-state index is 12.4. The number of ether oxygens (including phenoxy) is 2. The molecule has 0 saturated heterocycles. The van der Waals surface area contributed by atoms with Crippen molar-refractivity contribution in [2.75, 3.05) is 32.6 Å². The van der Waals surface area contributed by atoms with Gasteiger partial charge in [0.15, 0.2) is 0 Å². The van der Waals surface area contributed by atoms with E-state index in [4.69, 9.17) is 9.47 Å². The molecule has 7 heteroatoms. The van der Waals surface area contributed by atoms with Crippen molar-refractivity contribution in [3.63, 3.8) is 0 Å². The molecule has 0 saturated carbocycles. The van der Waals surface area contributed by atoms with E-state index in [9.17, 15) is 14.4 Å². The van der Waals surface area contributed by atoms with Crippen molar-refractivity contribution in [1.82, 2.24) is 4.90 Å². The van der Waals surface area contributed by atoms with Crippen LogP contribution in [0.2, 0.25) is 0 Å². The van der Waals surface area contributed by atoms with Crippen LogP contribution in [-0.2, 0) is 20.7 Å². The Morgan fingerprint density at radius 1 is 1.04 bits per heavy atom. The molecule has 0 aliphatic carbocycles. The molecule has 0 aromatic heterocycles. The van der Waals surface area contributed by atoms with E-state index in [1.807, 2.05) is 24.3 Å². The molecular weight excluding hydrogens is 360 g/mol. The van der Waals surface area contributed by atoms with Crippen LogP contribution in [0.4, 0.5) is 5.69 Å². The van der Waals surface area contributed by atoms with Gasteiger partial charge in [-0.3, -0.25) is 9.59 Å². The van der Waals surface area contributed by atoms with Crippen LogP contribution in [0, 0.1) is 0 Å². The van der Waals surface area contributed by atoms with E-state index in [0.29, 0.717) is 18.7 Å². The number of amides is 2. The minimum Gasteiger partial charge on any atom is -0.497 e. The summed E-state index contributed by atoms with van der Waals surface area (Å²) in [5.74, 6) is -0.405. The number of nitrogens with one attached hydrogen (secondary N) is 1. The highest BCUT2D eigenvalue weighted by molar-refractivity contribution is 6.02. The number of esters is 1. The lowest BCUT2D eigenvalue weighted by molar-refractivity contribution is -0.132. The van der Waals surface area contributed by atoms with Crippen molar-refractivity contribution >= 4 is 23.5 Å². The first-order chi connectivity index (χ1) is 13.4. The molecule has 0 fully saturated rings. The number of methoxy groups -OCH3 is 2. The summed E-state index contributed by atoms with van der Waals surface area (Å²) in [5.41, 5.74) is 1.60. The summed E-state index contributed by atoms with van der Waals surface area (Å²) in [5, 5.41) is 2.67. The van der Waals surface area contributed by atoms with Gasteiger partial charge < -0.3 is 19.7 Å². The molecule has 1 N–H and O–H groups in total. The van der Waals surface area contributed by atoms with Crippen molar-refractivity contribution < 1.29 is 23.9 Å². The monoisotopic (exact) mass is 384 g/mol. The van der Waals surface area contributed by atoms with Gasteiger partial charge in [0.2, 0.25) is 11.8 Å². The third-order valence-electron chi connectivity index (χ3n) is 4.19. The van der Waals surface area contributed by atoms with Crippen LogP contribution in [0.15, 0.2) is 48.5 Å². The van der Waals surface area contributed by atoms with E-state index in [0.717, 1.165) is 11.3 Å². The molecule has 2 aromatic carbocycles. The second kappa shape index (κ2) is 10.1. The fourth-order valence-corrected chi connectivity index (χ4v) is 2.68. The van der Waals surface area contributed by atoms with E-state index in [-0.39, 0.29) is 18.0 Å². The Hall–Kier alpha value is -3.35. The van der Waals surface area contributed by atoms with Crippen molar-refractivity contribution in [2.45, 2.75) is 13.3 Å². The summed E-state index contributed by atoms with van der Waals surface area (Å²) in [4.78, 5) is 37.6. The second-order valence-corrected chi connectivity index (χ2v) is 6.13. The lowest BCUT2D eigenvalue weighted by Gasteiger charge is -2.21. The molecule has 0 radical (unpaired) electrons. The van der Waals surface area contributed by atoms with Crippen molar-refractivity contribution in [3.05, 3.63) is 59.7 Å². The van der Waals surface area contributed by atoms with Gasteiger partial charge in [0.25, 0.3) is 0 Å². The predicted octanol–water partition coefficient (Wildman–Crippen LogP) is 2.51. The number of rotatable bonds is 8. The smallest absolute Gasteiger partial charge is 0.339 e. The normalized spacial score (nSPS) is 10.1. The SMILES string of the molecule is COC(=O)c1ccccc1NC(=O)CN(CCc1cccc(OC)c1)C(C)=O. The van der Waals surface area contributed by atoms with Crippen LogP contribution >= 0.6 is 0 Å². The molecule has 148 valence electrons. The summed E-state index contributed by atoms with van der Waals surface area (Å²) in [7, 11) is 2.87. The molecule has 0 atom stereocenters. The van der Waals surface area contributed by atoms with Crippen LogP contribution < -0.4 is 10.1 Å². The lowest BCUT2D eigenvalue weighted by Crippen LogP contribution is -2.38. The topological polar surface area (TPSA) is 84.9 Å². The molecule has 0 heterocycles. The van der Waals surface area contributed by atoms with Crippen LogP contribution in [0.1, 0.15) is 22.8 Å². The maximum atomic E-state index is 12.4. The summed E-state index contributed by atoms with van der Waals surface area (Å²) in [6.07, 6.45) is 0.586. The number of nitrogens with zero attached hydrogens (tertiary/aromatic N) is 1. The molecule has 0 aliphatic rings. The summed E-state index contributed by atoms with van der Waals surface area (Å²) in [6, 6.07) is 14.1. The van der Waals surface area contributed by atoms with Crippen molar-refractivity contribution in [1.29, 1.82) is 0 Å². The molecule has 0 bridgehead atoms. The lowest BCUT2D eigenvalue weighted by atomic mass is 10.1. The summed E-state index contributed by atoms with van der Waals surface area (Å²) >= 11 is 0. The van der Waals surface area contributed by atoms with E-state index < -0.39 is 11.9 Å². The Morgan fingerprint density at radius 3 is 2.46 bits per heavy atom.